The van der Waals surface area contributed by atoms with E-state index >= 15 is 0 Å². The highest BCUT2D eigenvalue weighted by Crippen LogP contribution is 2.31. The van der Waals surface area contributed by atoms with Crippen molar-refractivity contribution in [3.63, 3.8) is 0 Å². The first-order chi connectivity index (χ1) is 13.5. The Morgan fingerprint density at radius 3 is 2.79 bits per heavy atom. The van der Waals surface area contributed by atoms with Crippen LogP contribution in [0.4, 0.5) is 4.39 Å². The minimum atomic E-state index is -0.600. The highest BCUT2D eigenvalue weighted by Gasteiger charge is 2.25. The molecule has 1 aliphatic heterocycles. The largest absolute Gasteiger partial charge is 0.493 e. The third kappa shape index (κ3) is 3.26. The van der Waals surface area contributed by atoms with E-state index in [2.05, 4.69) is 10.4 Å². The van der Waals surface area contributed by atoms with E-state index in [1.165, 1.54) is 22.9 Å². The van der Waals surface area contributed by atoms with Gasteiger partial charge in [0.15, 0.2) is 5.69 Å². The molecule has 4 rings (SSSR count). The molecule has 28 heavy (non-hydrogen) atoms. The maximum absolute atomic E-state index is 14.2. The van der Waals surface area contributed by atoms with E-state index in [4.69, 9.17) is 4.74 Å². The summed E-state index contributed by atoms with van der Waals surface area (Å²) in [4.78, 5) is 25.2. The van der Waals surface area contributed by atoms with E-state index in [0.717, 1.165) is 5.56 Å². The first-order valence-electron chi connectivity index (χ1n) is 8.93. The van der Waals surface area contributed by atoms with Gasteiger partial charge in [-0.15, -0.1) is 0 Å². The van der Waals surface area contributed by atoms with Crippen LogP contribution in [0.15, 0.2) is 59.4 Å². The van der Waals surface area contributed by atoms with E-state index in [9.17, 15) is 14.0 Å². The summed E-state index contributed by atoms with van der Waals surface area (Å²) in [6, 6.07) is 14.5. The van der Waals surface area contributed by atoms with Crippen molar-refractivity contribution in [1.82, 2.24) is 15.1 Å². The van der Waals surface area contributed by atoms with Gasteiger partial charge in [0, 0.05) is 23.7 Å². The smallest absolute Gasteiger partial charge is 0.276 e. The molecule has 1 aromatic heterocycles. The average Bonchev–Trinajstić information content (AvgIpc) is 2.69. The Morgan fingerprint density at radius 2 is 1.96 bits per heavy atom. The molecule has 0 fully saturated rings. The lowest BCUT2D eigenvalue weighted by atomic mass is 10.0. The Hall–Kier alpha value is -3.48. The second-order valence-corrected chi connectivity index (χ2v) is 6.56. The normalized spacial score (nSPS) is 15.4. The average molecular weight is 379 g/mol. The second kappa shape index (κ2) is 7.26. The number of rotatable bonds is 3. The maximum atomic E-state index is 14.2. The van der Waals surface area contributed by atoms with Crippen LogP contribution in [0, 0.1) is 12.7 Å². The highest BCUT2D eigenvalue weighted by molar-refractivity contribution is 5.92. The predicted octanol–water partition coefficient (Wildman–Crippen LogP) is 2.93. The fraction of sp³-hybridized carbons (Fsp3) is 0.190. The summed E-state index contributed by atoms with van der Waals surface area (Å²) in [5.41, 5.74) is 0.665. The third-order valence-electron chi connectivity index (χ3n) is 4.67. The molecular weight excluding hydrogens is 361 g/mol. The summed E-state index contributed by atoms with van der Waals surface area (Å²) >= 11 is 0. The molecule has 6 nitrogen and oxygen atoms in total. The summed E-state index contributed by atoms with van der Waals surface area (Å²) in [6.07, 6.45) is 0.579. The molecular formula is C21H18FN3O3. The quantitative estimate of drug-likeness (QED) is 0.759. The Morgan fingerprint density at radius 1 is 1.21 bits per heavy atom. The summed E-state index contributed by atoms with van der Waals surface area (Å²) in [7, 11) is 0. The number of hydrogen-bond acceptors (Lipinski definition) is 4. The molecule has 0 unspecified atom stereocenters. The molecule has 3 aromatic rings. The topological polar surface area (TPSA) is 73.2 Å². The standard InChI is InChI=1S/C21H18FN3O3/c1-13-12-18(26)20(24-25(13)17-8-4-3-7-15(17)22)21(27)23-16-10-11-28-19-9-5-2-6-14(16)19/h2-9,12,16H,10-11H2,1H3,(H,23,27)/t16-/m0/s1. The predicted molar refractivity (Wildman–Crippen MR) is 101 cm³/mol. The number of aryl methyl sites for hydroxylation is 1. The van der Waals surface area contributed by atoms with Crippen molar-refractivity contribution in [3.05, 3.63) is 87.6 Å². The van der Waals surface area contributed by atoms with Crippen LogP contribution in [0.25, 0.3) is 5.69 Å². The van der Waals surface area contributed by atoms with Crippen LogP contribution in [0.3, 0.4) is 0 Å². The number of benzene rings is 2. The van der Waals surface area contributed by atoms with Crippen LogP contribution in [-0.2, 0) is 0 Å². The summed E-state index contributed by atoms with van der Waals surface area (Å²) < 4.78 is 21.0. The number of amides is 1. The number of para-hydroxylation sites is 2. The van der Waals surface area contributed by atoms with E-state index in [1.807, 2.05) is 24.3 Å². The van der Waals surface area contributed by atoms with Crippen LogP contribution in [0.1, 0.15) is 34.2 Å². The second-order valence-electron chi connectivity index (χ2n) is 6.56. The third-order valence-corrected chi connectivity index (χ3v) is 4.67. The molecule has 0 radical (unpaired) electrons. The number of aromatic nitrogens is 2. The van der Waals surface area contributed by atoms with Crippen LogP contribution in [-0.4, -0.2) is 22.3 Å². The number of nitrogens with zero attached hydrogens (tertiary/aromatic N) is 2. The maximum Gasteiger partial charge on any atom is 0.276 e. The fourth-order valence-corrected chi connectivity index (χ4v) is 3.29. The van der Waals surface area contributed by atoms with Crippen molar-refractivity contribution in [1.29, 1.82) is 0 Å². The summed E-state index contributed by atoms with van der Waals surface area (Å²) in [5, 5.41) is 7.00. The van der Waals surface area contributed by atoms with Gasteiger partial charge in [-0.25, -0.2) is 9.07 Å². The SMILES string of the molecule is Cc1cc(=O)c(C(=O)N[C@H]2CCOc3ccccc32)nn1-c1ccccc1F. The minimum absolute atomic E-state index is 0.172. The van der Waals surface area contributed by atoms with Gasteiger partial charge in [0.25, 0.3) is 5.91 Å². The van der Waals surface area contributed by atoms with Gasteiger partial charge in [-0.2, -0.15) is 5.10 Å². The van der Waals surface area contributed by atoms with Gasteiger partial charge < -0.3 is 10.1 Å². The highest BCUT2D eigenvalue weighted by atomic mass is 19.1. The number of fused-ring (bicyclic) bond motifs is 1. The first-order valence-corrected chi connectivity index (χ1v) is 8.93. The zero-order chi connectivity index (χ0) is 19.7. The van der Waals surface area contributed by atoms with Crippen molar-refractivity contribution in [2.75, 3.05) is 6.61 Å². The number of halogens is 1. The molecule has 0 aliphatic carbocycles. The number of hydrogen-bond donors (Lipinski definition) is 1. The van der Waals surface area contributed by atoms with E-state index < -0.39 is 17.2 Å². The zero-order valence-electron chi connectivity index (χ0n) is 15.2. The monoisotopic (exact) mass is 379 g/mol. The molecule has 0 bridgehead atoms. The van der Waals surface area contributed by atoms with Crippen LogP contribution < -0.4 is 15.5 Å². The summed E-state index contributed by atoms with van der Waals surface area (Å²) in [5.74, 6) is -0.386. The number of nitrogens with one attached hydrogen (secondary N) is 1. The van der Waals surface area contributed by atoms with Gasteiger partial charge in [-0.05, 0) is 25.1 Å². The van der Waals surface area contributed by atoms with Gasteiger partial charge in [0.05, 0.1) is 12.6 Å². The molecule has 1 N–H and O–H groups in total. The molecule has 0 saturated carbocycles. The van der Waals surface area contributed by atoms with Crippen LogP contribution >= 0.6 is 0 Å². The van der Waals surface area contributed by atoms with Gasteiger partial charge >= 0.3 is 0 Å². The molecule has 1 amide bonds. The van der Waals surface area contributed by atoms with Gasteiger partial charge in [0.1, 0.15) is 17.3 Å². The Kier molecular flexibility index (Phi) is 4.65. The van der Waals surface area contributed by atoms with Crippen molar-refractivity contribution in [2.24, 2.45) is 0 Å². The molecule has 1 atom stereocenters. The number of ether oxygens (including phenoxy) is 1. The molecule has 2 heterocycles. The Bertz CT molecular complexity index is 1110. The molecule has 1 aliphatic rings. The molecule has 7 heteroatoms. The van der Waals surface area contributed by atoms with Crippen molar-refractivity contribution >= 4 is 5.91 Å². The van der Waals surface area contributed by atoms with Crippen molar-refractivity contribution < 1.29 is 13.9 Å². The van der Waals surface area contributed by atoms with Crippen LogP contribution in [0.5, 0.6) is 5.75 Å². The lowest BCUT2D eigenvalue weighted by Gasteiger charge is -2.26. The van der Waals surface area contributed by atoms with Gasteiger partial charge in [-0.3, -0.25) is 9.59 Å². The molecule has 2 aromatic carbocycles. The van der Waals surface area contributed by atoms with E-state index in [-0.39, 0.29) is 17.4 Å². The molecule has 0 saturated heterocycles. The van der Waals surface area contributed by atoms with Gasteiger partial charge in [0.2, 0.25) is 5.43 Å². The Balaban J connectivity index is 1.68. The lowest BCUT2D eigenvalue weighted by molar-refractivity contribution is 0.0916. The zero-order valence-corrected chi connectivity index (χ0v) is 15.2. The summed E-state index contributed by atoms with van der Waals surface area (Å²) in [6.45, 7) is 2.10. The Labute approximate surface area is 160 Å². The first kappa shape index (κ1) is 17.9. The fourth-order valence-electron chi connectivity index (χ4n) is 3.29. The minimum Gasteiger partial charge on any atom is -0.493 e. The van der Waals surface area contributed by atoms with Crippen molar-refractivity contribution in [2.45, 2.75) is 19.4 Å². The van der Waals surface area contributed by atoms with Crippen LogP contribution in [0.2, 0.25) is 0 Å². The van der Waals surface area contributed by atoms with E-state index in [0.29, 0.717) is 24.5 Å². The molecule has 142 valence electrons. The van der Waals surface area contributed by atoms with E-state index in [1.54, 1.807) is 19.1 Å². The number of carbonyl (C=O) groups excluding carboxylic acids is 1. The lowest BCUT2D eigenvalue weighted by Crippen LogP contribution is -2.36. The number of carbonyl (C=O) groups is 1. The molecule has 0 spiro atoms. The van der Waals surface area contributed by atoms with Gasteiger partial charge in [-0.1, -0.05) is 30.3 Å². The van der Waals surface area contributed by atoms with Crippen molar-refractivity contribution in [3.8, 4) is 11.4 Å².